The summed E-state index contributed by atoms with van der Waals surface area (Å²) in [7, 11) is 1.79. The van der Waals surface area contributed by atoms with Crippen molar-refractivity contribution < 1.29 is 33.4 Å². The van der Waals surface area contributed by atoms with Crippen molar-refractivity contribution >= 4 is 45.3 Å². The Morgan fingerprint density at radius 3 is 1.32 bits per heavy atom. The molecule has 2 N–H and O–H groups in total. The van der Waals surface area contributed by atoms with E-state index in [4.69, 9.17) is 0 Å². The van der Waals surface area contributed by atoms with Crippen molar-refractivity contribution in [2.45, 2.75) is 54.4 Å². The maximum absolute atomic E-state index is 10.8. The SMILES string of the molecule is CCC1(C)C(C)=C([SiH3])C(O)=[C]1[Zr][C]1=C(O)C([SiH3])=C(C)C1(C)CC.Cl.Cl. The van der Waals surface area contributed by atoms with E-state index < -0.39 is 23.2 Å². The predicted octanol–water partition coefficient (Wildman–Crippen LogP) is 3.59. The van der Waals surface area contributed by atoms with Crippen LogP contribution < -0.4 is 0 Å². The van der Waals surface area contributed by atoms with Gasteiger partial charge in [-0.25, -0.2) is 0 Å². The average molecular weight is 499 g/mol. The molecule has 2 atom stereocenters. The minimum atomic E-state index is -1.22. The largest absolute Gasteiger partial charge is 0.147 e. The molecule has 0 aromatic heterocycles. The molecule has 0 fully saturated rings. The van der Waals surface area contributed by atoms with Crippen LogP contribution in [0.3, 0.4) is 0 Å². The number of hydrogen-bond acceptors (Lipinski definition) is 2. The average Bonchev–Trinajstić information content (AvgIpc) is 2.81. The summed E-state index contributed by atoms with van der Waals surface area (Å²) in [4.78, 5) is 0. The van der Waals surface area contributed by atoms with Crippen LogP contribution in [0, 0.1) is 10.8 Å². The van der Waals surface area contributed by atoms with Crippen molar-refractivity contribution in [2.75, 3.05) is 0 Å². The summed E-state index contributed by atoms with van der Waals surface area (Å²) in [5.41, 5.74) is 2.76. The van der Waals surface area contributed by atoms with E-state index in [1.165, 1.54) is 28.1 Å². The van der Waals surface area contributed by atoms with Gasteiger partial charge >= 0.3 is 159 Å². The fourth-order valence-corrected chi connectivity index (χ4v) is 12.0. The van der Waals surface area contributed by atoms with Gasteiger partial charge < -0.3 is 0 Å². The number of aliphatic hydroxyl groups excluding tert-OH is 2. The second-order valence-electron chi connectivity index (χ2n) is 7.44. The number of aliphatic hydroxyl groups is 2. The van der Waals surface area contributed by atoms with Crippen molar-refractivity contribution in [3.8, 4) is 0 Å². The van der Waals surface area contributed by atoms with Gasteiger partial charge in [0.05, 0.1) is 0 Å². The van der Waals surface area contributed by atoms with Crippen LogP contribution in [-0.4, -0.2) is 30.7 Å². The predicted molar refractivity (Wildman–Crippen MR) is 116 cm³/mol. The molecule has 0 aromatic rings. The van der Waals surface area contributed by atoms with Crippen LogP contribution >= 0.6 is 24.8 Å². The van der Waals surface area contributed by atoms with Crippen LogP contribution in [0.5, 0.6) is 0 Å². The van der Waals surface area contributed by atoms with E-state index in [2.05, 4.69) is 41.5 Å². The summed E-state index contributed by atoms with van der Waals surface area (Å²) in [6.45, 7) is 13.4. The van der Waals surface area contributed by atoms with Crippen LogP contribution in [-0.2, 0) is 23.2 Å². The molecule has 2 rings (SSSR count). The van der Waals surface area contributed by atoms with Gasteiger partial charge in [-0.05, 0) is 0 Å². The van der Waals surface area contributed by atoms with Gasteiger partial charge in [0.15, 0.2) is 0 Å². The molecular formula is C18H32Cl2O2Si2Zr. The molecule has 2 nitrogen and oxygen atoms in total. The summed E-state index contributed by atoms with van der Waals surface area (Å²) in [6.07, 6.45) is 2.06. The Bertz CT molecular complexity index is 639. The van der Waals surface area contributed by atoms with Crippen LogP contribution in [0.25, 0.3) is 0 Å². The van der Waals surface area contributed by atoms with Gasteiger partial charge in [0.25, 0.3) is 0 Å². The van der Waals surface area contributed by atoms with E-state index in [1.807, 2.05) is 0 Å². The zero-order chi connectivity index (χ0) is 17.7. The normalized spacial score (nSPS) is 29.5. The molecule has 0 bridgehead atoms. The molecule has 0 saturated heterocycles. The molecule has 0 heterocycles. The summed E-state index contributed by atoms with van der Waals surface area (Å²) < 4.78 is 2.58. The molecule has 7 heteroatoms. The molecule has 2 aliphatic rings. The zero-order valence-electron chi connectivity index (χ0n) is 16.6. The van der Waals surface area contributed by atoms with Crippen molar-refractivity contribution in [2.24, 2.45) is 10.8 Å². The minimum Gasteiger partial charge on any atom is -0.147 e. The van der Waals surface area contributed by atoms with Gasteiger partial charge in [-0.1, -0.05) is 0 Å². The van der Waals surface area contributed by atoms with Crippen LogP contribution in [0.15, 0.2) is 39.6 Å². The Hall–Kier alpha value is 0.457. The fourth-order valence-electron chi connectivity index (χ4n) is 3.86. The van der Waals surface area contributed by atoms with E-state index in [0.29, 0.717) is 11.5 Å². The quantitative estimate of drug-likeness (QED) is 0.582. The van der Waals surface area contributed by atoms with E-state index in [1.54, 1.807) is 0 Å². The third-order valence-corrected chi connectivity index (χ3v) is 14.3. The second-order valence-corrected chi connectivity index (χ2v) is 12.5. The number of halogens is 2. The number of rotatable bonds is 4. The van der Waals surface area contributed by atoms with Crippen molar-refractivity contribution in [1.29, 1.82) is 0 Å². The monoisotopic (exact) mass is 496 g/mol. The first-order valence-corrected chi connectivity index (χ1v) is 13.0. The third-order valence-electron chi connectivity index (χ3n) is 6.73. The first kappa shape index (κ1) is 25.5. The molecule has 0 radical (unpaired) electrons. The van der Waals surface area contributed by atoms with Crippen LogP contribution in [0.1, 0.15) is 54.4 Å². The van der Waals surface area contributed by atoms with Crippen molar-refractivity contribution in [1.82, 2.24) is 0 Å². The maximum Gasteiger partial charge on any atom is -0.147 e. The van der Waals surface area contributed by atoms with Gasteiger partial charge in [-0.15, -0.1) is 24.8 Å². The molecule has 0 spiro atoms. The number of allylic oxidation sites excluding steroid dienone is 6. The first-order chi connectivity index (χ1) is 10.6. The van der Waals surface area contributed by atoms with Gasteiger partial charge in [-0.3, -0.25) is 0 Å². The Kier molecular flexibility index (Phi) is 8.80. The topological polar surface area (TPSA) is 40.5 Å². The Labute approximate surface area is 182 Å². The Morgan fingerprint density at radius 1 is 0.800 bits per heavy atom. The number of hydrogen-bond donors (Lipinski definition) is 2. The minimum absolute atomic E-state index is 0. The van der Waals surface area contributed by atoms with E-state index in [-0.39, 0.29) is 35.6 Å². The maximum atomic E-state index is 10.8. The van der Waals surface area contributed by atoms with E-state index >= 15 is 0 Å². The summed E-state index contributed by atoms with van der Waals surface area (Å²) >= 11 is -1.22. The Morgan fingerprint density at radius 2 is 1.08 bits per heavy atom. The second kappa shape index (κ2) is 8.64. The molecule has 0 aromatic carbocycles. The van der Waals surface area contributed by atoms with Gasteiger partial charge in [0, 0.05) is 0 Å². The molecule has 142 valence electrons. The molecule has 0 aliphatic heterocycles. The molecule has 0 amide bonds. The van der Waals surface area contributed by atoms with E-state index in [9.17, 15) is 10.2 Å². The summed E-state index contributed by atoms with van der Waals surface area (Å²) in [6, 6.07) is 0. The Balaban J connectivity index is 0.00000288. The molecule has 2 unspecified atom stereocenters. The van der Waals surface area contributed by atoms with Crippen molar-refractivity contribution in [3.05, 3.63) is 39.6 Å². The van der Waals surface area contributed by atoms with Gasteiger partial charge in [0.2, 0.25) is 0 Å². The van der Waals surface area contributed by atoms with E-state index in [0.717, 1.165) is 33.3 Å². The zero-order valence-corrected chi connectivity index (χ0v) is 24.7. The standard InChI is InChI=1S/2C9H15OSi.2ClH.Zr/c2*1-4-9(3)5-7(10)8(11)6(9)2;;;/h2*10H,4H2,1-3,11H3;2*1H;. The summed E-state index contributed by atoms with van der Waals surface area (Å²) in [5.74, 6) is 1.17. The van der Waals surface area contributed by atoms with Crippen molar-refractivity contribution in [3.63, 3.8) is 0 Å². The smallest absolute Gasteiger partial charge is 0.147 e. The first-order valence-electron chi connectivity index (χ1n) is 8.57. The summed E-state index contributed by atoms with van der Waals surface area (Å²) in [5, 5.41) is 24.0. The fraction of sp³-hybridized carbons (Fsp3) is 0.556. The molecule has 2 aliphatic carbocycles. The van der Waals surface area contributed by atoms with Gasteiger partial charge in [0.1, 0.15) is 0 Å². The van der Waals surface area contributed by atoms with Crippen LogP contribution in [0.2, 0.25) is 0 Å². The molecule has 25 heavy (non-hydrogen) atoms. The molecule has 0 saturated carbocycles. The molecular weight excluding hydrogens is 466 g/mol. The van der Waals surface area contributed by atoms with Gasteiger partial charge in [-0.2, -0.15) is 0 Å². The third kappa shape index (κ3) is 3.61. The van der Waals surface area contributed by atoms with Crippen LogP contribution in [0.4, 0.5) is 0 Å².